The molecule has 0 amide bonds. The number of fused-ring (bicyclic) bond motifs is 3. The highest BCUT2D eigenvalue weighted by Gasteiger charge is 2.29. The van der Waals surface area contributed by atoms with Gasteiger partial charge in [0.15, 0.2) is 5.78 Å². The fourth-order valence-electron chi connectivity index (χ4n) is 2.25. The molecule has 0 fully saturated rings. The second-order valence-corrected chi connectivity index (χ2v) is 4.09. The van der Waals surface area contributed by atoms with Crippen molar-refractivity contribution < 1.29 is 9.72 Å². The largest absolute Gasteiger partial charge is 0.398 e. The molecule has 1 aliphatic carbocycles. The predicted octanol–water partition coefficient (Wildman–Crippen LogP) is 2.39. The van der Waals surface area contributed by atoms with Gasteiger partial charge in [-0.2, -0.15) is 0 Å². The molecule has 0 unspecified atom stereocenters. The summed E-state index contributed by atoms with van der Waals surface area (Å²) in [5.41, 5.74) is 8.32. The number of nitrogens with zero attached hydrogens (tertiary/aromatic N) is 1. The zero-order chi connectivity index (χ0) is 12.9. The standard InChI is InChI=1S/C13H8N2O3/c14-11-3-1-2-9-8-5-4-7(15(17)18)6-10(8)13(16)12(9)11/h1-6H,14H2. The van der Waals surface area contributed by atoms with E-state index in [1.54, 1.807) is 24.3 Å². The minimum Gasteiger partial charge on any atom is -0.398 e. The van der Waals surface area contributed by atoms with Gasteiger partial charge in [-0.25, -0.2) is 0 Å². The van der Waals surface area contributed by atoms with Crippen LogP contribution < -0.4 is 5.73 Å². The average Bonchev–Trinajstić information content (AvgIpc) is 2.64. The summed E-state index contributed by atoms with van der Waals surface area (Å²) < 4.78 is 0. The van der Waals surface area contributed by atoms with Crippen molar-refractivity contribution in [3.05, 3.63) is 57.6 Å². The zero-order valence-electron chi connectivity index (χ0n) is 9.21. The molecule has 2 aromatic rings. The van der Waals surface area contributed by atoms with Crippen LogP contribution in [-0.2, 0) is 0 Å². The Hall–Kier alpha value is -2.69. The molecule has 3 rings (SSSR count). The third-order valence-electron chi connectivity index (χ3n) is 3.07. The van der Waals surface area contributed by atoms with Crippen LogP contribution in [-0.4, -0.2) is 10.7 Å². The average molecular weight is 240 g/mol. The number of nitro groups is 1. The Morgan fingerprint density at radius 1 is 1.06 bits per heavy atom. The first-order chi connectivity index (χ1) is 8.59. The lowest BCUT2D eigenvalue weighted by atomic mass is 10.0. The second-order valence-electron chi connectivity index (χ2n) is 4.09. The van der Waals surface area contributed by atoms with Crippen molar-refractivity contribution in [3.63, 3.8) is 0 Å². The maximum Gasteiger partial charge on any atom is 0.270 e. The molecular weight excluding hydrogens is 232 g/mol. The number of carbonyl (C=O) groups excluding carboxylic acids is 1. The second kappa shape index (κ2) is 3.40. The van der Waals surface area contributed by atoms with Gasteiger partial charge in [-0.05, 0) is 23.3 Å². The van der Waals surface area contributed by atoms with Crippen LogP contribution in [0.15, 0.2) is 36.4 Å². The number of nitrogen functional groups attached to an aromatic ring is 1. The quantitative estimate of drug-likeness (QED) is 0.402. The lowest BCUT2D eigenvalue weighted by Gasteiger charge is -2.01. The molecule has 2 aromatic carbocycles. The summed E-state index contributed by atoms with van der Waals surface area (Å²) in [6.45, 7) is 0. The summed E-state index contributed by atoms with van der Waals surface area (Å²) in [6.07, 6.45) is 0. The lowest BCUT2D eigenvalue weighted by Crippen LogP contribution is -2.00. The van der Waals surface area contributed by atoms with Gasteiger partial charge in [0, 0.05) is 23.4 Å². The van der Waals surface area contributed by atoms with Crippen LogP contribution >= 0.6 is 0 Å². The maximum absolute atomic E-state index is 12.2. The number of nitro benzene ring substituents is 1. The summed E-state index contributed by atoms with van der Waals surface area (Å²) >= 11 is 0. The number of ketones is 1. The Morgan fingerprint density at radius 2 is 1.83 bits per heavy atom. The van der Waals surface area contributed by atoms with Gasteiger partial charge >= 0.3 is 0 Å². The van der Waals surface area contributed by atoms with Crippen molar-refractivity contribution in [1.82, 2.24) is 0 Å². The van der Waals surface area contributed by atoms with Crippen molar-refractivity contribution in [3.8, 4) is 11.1 Å². The lowest BCUT2D eigenvalue weighted by molar-refractivity contribution is -0.384. The van der Waals surface area contributed by atoms with Crippen LogP contribution in [0, 0.1) is 10.1 Å². The Kier molecular flexibility index (Phi) is 1.98. The Balaban J connectivity index is 2.30. The number of benzene rings is 2. The molecule has 0 atom stereocenters. The topological polar surface area (TPSA) is 86.2 Å². The van der Waals surface area contributed by atoms with Crippen LogP contribution in [0.2, 0.25) is 0 Å². The van der Waals surface area contributed by atoms with Crippen LogP contribution in [0.4, 0.5) is 11.4 Å². The summed E-state index contributed by atoms with van der Waals surface area (Å²) in [5, 5.41) is 10.7. The SMILES string of the molecule is Nc1cccc2c1C(=O)c1cc([N+](=O)[O-])ccc1-2. The molecule has 0 spiro atoms. The van der Waals surface area contributed by atoms with Gasteiger partial charge in [-0.3, -0.25) is 14.9 Å². The minimum atomic E-state index is -0.514. The van der Waals surface area contributed by atoms with Crippen molar-refractivity contribution >= 4 is 17.2 Å². The van der Waals surface area contributed by atoms with Crippen LogP contribution in [0.1, 0.15) is 15.9 Å². The molecule has 0 heterocycles. The van der Waals surface area contributed by atoms with Gasteiger partial charge in [0.1, 0.15) is 0 Å². The summed E-state index contributed by atoms with van der Waals surface area (Å²) in [6, 6.07) is 9.49. The monoisotopic (exact) mass is 240 g/mol. The first-order valence-electron chi connectivity index (χ1n) is 5.31. The molecular formula is C13H8N2O3. The normalized spacial score (nSPS) is 12.1. The van der Waals surface area contributed by atoms with E-state index in [0.717, 1.165) is 5.56 Å². The maximum atomic E-state index is 12.2. The van der Waals surface area contributed by atoms with E-state index in [1.807, 2.05) is 0 Å². The number of hydrogen-bond acceptors (Lipinski definition) is 4. The van der Waals surface area contributed by atoms with E-state index in [0.29, 0.717) is 22.4 Å². The summed E-state index contributed by atoms with van der Waals surface area (Å²) in [7, 11) is 0. The summed E-state index contributed by atoms with van der Waals surface area (Å²) in [4.78, 5) is 22.4. The highest BCUT2D eigenvalue weighted by molar-refractivity contribution is 6.24. The molecule has 0 saturated heterocycles. The van der Waals surface area contributed by atoms with Crippen molar-refractivity contribution in [2.45, 2.75) is 0 Å². The Morgan fingerprint density at radius 3 is 2.56 bits per heavy atom. The zero-order valence-corrected chi connectivity index (χ0v) is 9.21. The van der Waals surface area contributed by atoms with E-state index < -0.39 is 4.92 Å². The number of hydrogen-bond donors (Lipinski definition) is 1. The molecule has 5 nitrogen and oxygen atoms in total. The fraction of sp³-hybridized carbons (Fsp3) is 0. The highest BCUT2D eigenvalue weighted by atomic mass is 16.6. The first-order valence-corrected chi connectivity index (χ1v) is 5.31. The van der Waals surface area contributed by atoms with Crippen molar-refractivity contribution in [2.24, 2.45) is 0 Å². The van der Waals surface area contributed by atoms with Crippen LogP contribution in [0.25, 0.3) is 11.1 Å². The fourth-order valence-corrected chi connectivity index (χ4v) is 2.25. The minimum absolute atomic E-state index is 0.0894. The van der Waals surface area contributed by atoms with Gasteiger partial charge in [-0.1, -0.05) is 12.1 Å². The molecule has 5 heteroatoms. The molecule has 1 aliphatic rings. The van der Waals surface area contributed by atoms with Crippen molar-refractivity contribution in [2.75, 3.05) is 5.73 Å². The Bertz CT molecular complexity index is 707. The summed E-state index contributed by atoms with van der Waals surface area (Å²) in [5.74, 6) is -0.248. The molecule has 0 aromatic heterocycles. The third kappa shape index (κ3) is 1.24. The van der Waals surface area contributed by atoms with Crippen LogP contribution in [0.3, 0.4) is 0 Å². The van der Waals surface area contributed by atoms with E-state index in [-0.39, 0.29) is 11.5 Å². The van der Waals surface area contributed by atoms with Gasteiger partial charge in [0.25, 0.3) is 5.69 Å². The van der Waals surface area contributed by atoms with E-state index in [2.05, 4.69) is 0 Å². The predicted molar refractivity (Wildman–Crippen MR) is 66.4 cm³/mol. The van der Waals surface area contributed by atoms with Crippen LogP contribution in [0.5, 0.6) is 0 Å². The van der Waals surface area contributed by atoms with E-state index in [4.69, 9.17) is 5.73 Å². The number of rotatable bonds is 1. The number of anilines is 1. The molecule has 0 aliphatic heterocycles. The molecule has 0 bridgehead atoms. The van der Waals surface area contributed by atoms with Gasteiger partial charge in [-0.15, -0.1) is 0 Å². The Labute approximate surface area is 102 Å². The van der Waals surface area contributed by atoms with Gasteiger partial charge in [0.05, 0.1) is 10.5 Å². The van der Waals surface area contributed by atoms with Crippen molar-refractivity contribution in [1.29, 1.82) is 0 Å². The number of carbonyl (C=O) groups is 1. The molecule has 2 N–H and O–H groups in total. The first kappa shape index (κ1) is 10.5. The molecule has 88 valence electrons. The molecule has 18 heavy (non-hydrogen) atoms. The number of nitrogens with two attached hydrogens (primary N) is 1. The smallest absolute Gasteiger partial charge is 0.270 e. The molecule has 0 radical (unpaired) electrons. The van der Waals surface area contributed by atoms with Gasteiger partial charge < -0.3 is 5.73 Å². The number of non-ortho nitro benzene ring substituents is 1. The van der Waals surface area contributed by atoms with Gasteiger partial charge in [0.2, 0.25) is 0 Å². The molecule has 0 saturated carbocycles. The van der Waals surface area contributed by atoms with E-state index >= 15 is 0 Å². The highest BCUT2D eigenvalue weighted by Crippen LogP contribution is 2.40. The third-order valence-corrected chi connectivity index (χ3v) is 3.07. The van der Waals surface area contributed by atoms with E-state index in [1.165, 1.54) is 12.1 Å². The van der Waals surface area contributed by atoms with E-state index in [9.17, 15) is 14.9 Å².